The number of ether oxygens (including phenoxy) is 1. The molecule has 190 valence electrons. The van der Waals surface area contributed by atoms with E-state index in [4.69, 9.17) is 4.74 Å². The van der Waals surface area contributed by atoms with Gasteiger partial charge in [-0.25, -0.2) is 8.42 Å². The molecule has 4 aromatic carbocycles. The van der Waals surface area contributed by atoms with E-state index in [0.717, 1.165) is 16.7 Å². The minimum atomic E-state index is -3.82. The molecule has 6 nitrogen and oxygen atoms in total. The van der Waals surface area contributed by atoms with Crippen molar-refractivity contribution in [2.75, 3.05) is 18.0 Å². The molecule has 0 spiro atoms. The number of rotatable bonds is 10. The zero-order valence-corrected chi connectivity index (χ0v) is 21.8. The molecule has 0 aliphatic heterocycles. The highest BCUT2D eigenvalue weighted by Gasteiger charge is 2.25. The highest BCUT2D eigenvalue weighted by Crippen LogP contribution is 2.28. The average Bonchev–Trinajstić information content (AvgIpc) is 2.92. The van der Waals surface area contributed by atoms with Crippen LogP contribution in [0.3, 0.4) is 0 Å². The van der Waals surface area contributed by atoms with Gasteiger partial charge in [0, 0.05) is 13.6 Å². The smallest absolute Gasteiger partial charge is 0.264 e. The quantitative estimate of drug-likeness (QED) is 0.283. The summed E-state index contributed by atoms with van der Waals surface area (Å²) in [6.45, 7) is 2.48. The third-order valence-corrected chi connectivity index (χ3v) is 7.74. The number of carbonyl (C=O) groups is 1. The van der Waals surface area contributed by atoms with Crippen molar-refractivity contribution >= 4 is 21.6 Å². The van der Waals surface area contributed by atoms with E-state index in [1.54, 1.807) is 60.5 Å². The molecule has 7 heteroatoms. The van der Waals surface area contributed by atoms with Crippen LogP contribution in [0.15, 0.2) is 114 Å². The van der Waals surface area contributed by atoms with Crippen LogP contribution in [0.5, 0.6) is 5.75 Å². The first-order valence-corrected chi connectivity index (χ1v) is 13.4. The van der Waals surface area contributed by atoms with E-state index in [2.05, 4.69) is 0 Å². The number of hydrogen-bond acceptors (Lipinski definition) is 4. The summed E-state index contributed by atoms with van der Waals surface area (Å²) in [5, 5.41) is 0. The Morgan fingerprint density at radius 1 is 0.730 bits per heavy atom. The largest absolute Gasteiger partial charge is 0.484 e. The van der Waals surface area contributed by atoms with E-state index >= 15 is 0 Å². The molecule has 0 aliphatic rings. The van der Waals surface area contributed by atoms with Crippen LogP contribution in [-0.2, 0) is 27.9 Å². The Morgan fingerprint density at radius 3 is 1.84 bits per heavy atom. The van der Waals surface area contributed by atoms with Crippen LogP contribution in [0.1, 0.15) is 16.7 Å². The lowest BCUT2D eigenvalue weighted by Gasteiger charge is -2.25. The average molecular weight is 515 g/mol. The number of amides is 1. The van der Waals surface area contributed by atoms with Crippen molar-refractivity contribution in [3.63, 3.8) is 0 Å². The first kappa shape index (κ1) is 26.0. The van der Waals surface area contributed by atoms with Crippen LogP contribution in [0.25, 0.3) is 0 Å². The van der Waals surface area contributed by atoms with Crippen LogP contribution in [0.2, 0.25) is 0 Å². The minimum absolute atomic E-state index is 0.113. The van der Waals surface area contributed by atoms with Gasteiger partial charge in [-0.1, -0.05) is 78.4 Å². The molecule has 0 fully saturated rings. The normalized spacial score (nSPS) is 11.1. The first-order valence-electron chi connectivity index (χ1n) is 12.0. The number of benzene rings is 4. The highest BCUT2D eigenvalue weighted by atomic mass is 32.2. The Hall–Kier alpha value is -4.10. The number of nitrogens with zero attached hydrogens (tertiary/aromatic N) is 2. The second-order valence-corrected chi connectivity index (χ2v) is 10.7. The Morgan fingerprint density at radius 2 is 1.27 bits per heavy atom. The molecule has 0 atom stereocenters. The lowest BCUT2D eigenvalue weighted by molar-refractivity contribution is -0.132. The van der Waals surface area contributed by atoms with E-state index in [-0.39, 0.29) is 24.0 Å². The van der Waals surface area contributed by atoms with Crippen LogP contribution < -0.4 is 9.04 Å². The zero-order valence-electron chi connectivity index (χ0n) is 20.9. The summed E-state index contributed by atoms with van der Waals surface area (Å²) < 4.78 is 34.3. The molecule has 0 unspecified atom stereocenters. The number of anilines is 1. The highest BCUT2D eigenvalue weighted by molar-refractivity contribution is 7.92. The van der Waals surface area contributed by atoms with Gasteiger partial charge in [0.2, 0.25) is 0 Å². The summed E-state index contributed by atoms with van der Waals surface area (Å²) in [5.74, 6) is 0.332. The molecule has 0 aliphatic carbocycles. The SMILES string of the molecule is Cc1ccc(S(=O)(=O)N(Cc2ccccc2)c2ccc(OCC(=O)N(C)Cc3ccccc3)cc2)cc1. The number of sulfonamides is 1. The van der Waals surface area contributed by atoms with Gasteiger partial charge in [0.05, 0.1) is 17.1 Å². The van der Waals surface area contributed by atoms with Crippen LogP contribution in [-0.4, -0.2) is 32.9 Å². The summed E-state index contributed by atoms with van der Waals surface area (Å²) in [5.41, 5.74) is 3.39. The maximum absolute atomic E-state index is 13.6. The molecular formula is C30H30N2O4S. The fraction of sp³-hybridized carbons (Fsp3) is 0.167. The Balaban J connectivity index is 1.49. The third-order valence-electron chi connectivity index (χ3n) is 5.95. The molecule has 0 saturated heterocycles. The van der Waals surface area contributed by atoms with E-state index in [0.29, 0.717) is 18.0 Å². The monoisotopic (exact) mass is 514 g/mol. The van der Waals surface area contributed by atoms with Crippen molar-refractivity contribution in [1.29, 1.82) is 0 Å². The minimum Gasteiger partial charge on any atom is -0.484 e. The summed E-state index contributed by atoms with van der Waals surface area (Å²) in [6.07, 6.45) is 0. The molecule has 4 aromatic rings. The molecule has 0 bridgehead atoms. The fourth-order valence-corrected chi connectivity index (χ4v) is 5.26. The summed E-state index contributed by atoms with van der Waals surface area (Å²) in [6, 6.07) is 32.8. The second kappa shape index (κ2) is 11.8. The number of aryl methyl sites for hydroxylation is 1. The van der Waals surface area contributed by atoms with E-state index in [1.165, 1.54) is 4.31 Å². The molecule has 0 heterocycles. The van der Waals surface area contributed by atoms with E-state index in [9.17, 15) is 13.2 Å². The van der Waals surface area contributed by atoms with Gasteiger partial charge in [-0.15, -0.1) is 0 Å². The van der Waals surface area contributed by atoms with Gasteiger partial charge in [-0.2, -0.15) is 0 Å². The first-order chi connectivity index (χ1) is 17.8. The van der Waals surface area contributed by atoms with Gasteiger partial charge in [-0.3, -0.25) is 9.10 Å². The van der Waals surface area contributed by atoms with E-state index in [1.807, 2.05) is 67.6 Å². The molecule has 37 heavy (non-hydrogen) atoms. The lowest BCUT2D eigenvalue weighted by Crippen LogP contribution is -2.31. The van der Waals surface area contributed by atoms with Crippen molar-refractivity contribution < 1.29 is 17.9 Å². The number of carbonyl (C=O) groups excluding carboxylic acids is 1. The van der Waals surface area contributed by atoms with Crippen molar-refractivity contribution in [2.24, 2.45) is 0 Å². The van der Waals surface area contributed by atoms with Crippen LogP contribution in [0, 0.1) is 6.92 Å². The van der Waals surface area contributed by atoms with Crippen molar-refractivity contribution in [3.8, 4) is 5.75 Å². The molecule has 0 saturated carbocycles. The molecule has 1 amide bonds. The van der Waals surface area contributed by atoms with Crippen LogP contribution in [0.4, 0.5) is 5.69 Å². The number of likely N-dealkylation sites (N-methyl/N-ethyl adjacent to an activating group) is 1. The predicted molar refractivity (Wildman–Crippen MR) is 146 cm³/mol. The van der Waals surface area contributed by atoms with E-state index < -0.39 is 10.0 Å². The van der Waals surface area contributed by atoms with Gasteiger partial charge >= 0.3 is 0 Å². The molecular weight excluding hydrogens is 484 g/mol. The van der Waals surface area contributed by atoms with Gasteiger partial charge < -0.3 is 9.64 Å². The van der Waals surface area contributed by atoms with Gasteiger partial charge in [0.25, 0.3) is 15.9 Å². The Labute approximate surface area is 218 Å². The zero-order chi connectivity index (χ0) is 26.3. The maximum Gasteiger partial charge on any atom is 0.264 e. The molecule has 0 N–H and O–H groups in total. The third kappa shape index (κ3) is 6.77. The van der Waals surface area contributed by atoms with Crippen molar-refractivity contribution in [3.05, 3.63) is 126 Å². The fourth-order valence-electron chi connectivity index (χ4n) is 3.81. The lowest BCUT2D eigenvalue weighted by atomic mass is 10.2. The van der Waals surface area contributed by atoms with Gasteiger partial charge in [0.15, 0.2) is 6.61 Å². The molecule has 4 rings (SSSR count). The standard InChI is InChI=1S/C30H30N2O4S/c1-24-13-19-29(20-14-24)37(34,35)32(22-26-11-7-4-8-12-26)27-15-17-28(18-16-27)36-23-30(33)31(2)21-25-9-5-3-6-10-25/h3-20H,21-23H2,1-2H3. The Kier molecular flexibility index (Phi) is 8.25. The maximum atomic E-state index is 13.6. The second-order valence-electron chi connectivity index (χ2n) is 8.83. The van der Waals surface area contributed by atoms with Crippen LogP contribution >= 0.6 is 0 Å². The van der Waals surface area contributed by atoms with Gasteiger partial charge in [0.1, 0.15) is 5.75 Å². The molecule has 0 aromatic heterocycles. The van der Waals surface area contributed by atoms with Gasteiger partial charge in [-0.05, 0) is 54.4 Å². The topological polar surface area (TPSA) is 66.9 Å². The predicted octanol–water partition coefficient (Wildman–Crippen LogP) is 5.43. The number of hydrogen-bond donors (Lipinski definition) is 0. The summed E-state index contributed by atoms with van der Waals surface area (Å²) in [4.78, 5) is 14.4. The Bertz CT molecular complexity index is 1410. The summed E-state index contributed by atoms with van der Waals surface area (Å²) in [7, 11) is -2.08. The summed E-state index contributed by atoms with van der Waals surface area (Å²) >= 11 is 0. The van der Waals surface area contributed by atoms with Crippen molar-refractivity contribution in [1.82, 2.24) is 4.90 Å². The van der Waals surface area contributed by atoms with Crippen molar-refractivity contribution in [2.45, 2.75) is 24.9 Å². The molecule has 0 radical (unpaired) electrons.